The molecule has 2 fully saturated rings. The lowest BCUT2D eigenvalue weighted by Gasteiger charge is -2.50. The van der Waals surface area contributed by atoms with Crippen molar-refractivity contribution in [2.75, 3.05) is 0 Å². The summed E-state index contributed by atoms with van der Waals surface area (Å²) < 4.78 is 0. The highest BCUT2D eigenvalue weighted by molar-refractivity contribution is 5.28. The summed E-state index contributed by atoms with van der Waals surface area (Å²) in [7, 11) is 0. The zero-order valence-electron chi connectivity index (χ0n) is 13.1. The molecular formula is C19H23N3. The normalized spacial score (nSPS) is 29.9. The Bertz CT molecular complexity index is 623. The summed E-state index contributed by atoms with van der Waals surface area (Å²) in [6, 6.07) is 11.6. The number of nitrogens with one attached hydrogen (secondary N) is 1. The molecular weight excluding hydrogens is 270 g/mol. The van der Waals surface area contributed by atoms with E-state index in [0.717, 1.165) is 24.2 Å². The summed E-state index contributed by atoms with van der Waals surface area (Å²) in [5, 5.41) is 3.79. The highest BCUT2D eigenvalue weighted by Gasteiger charge is 2.52. The Kier molecular flexibility index (Phi) is 3.67. The molecule has 1 heterocycles. The summed E-state index contributed by atoms with van der Waals surface area (Å²) in [6.07, 6.45) is 8.06. The molecule has 0 aliphatic heterocycles. The Morgan fingerprint density at radius 3 is 2.55 bits per heavy atom. The largest absolute Gasteiger partial charge is 0.309 e. The Morgan fingerprint density at radius 1 is 1.05 bits per heavy atom. The zero-order chi connectivity index (χ0) is 14.9. The topological polar surface area (TPSA) is 37.8 Å². The molecule has 3 nitrogen and oxygen atoms in total. The zero-order valence-corrected chi connectivity index (χ0v) is 13.1. The van der Waals surface area contributed by atoms with Gasteiger partial charge in [0, 0.05) is 36.5 Å². The van der Waals surface area contributed by atoms with Crippen LogP contribution in [0.4, 0.5) is 0 Å². The molecule has 0 bridgehead atoms. The third-order valence-electron chi connectivity index (χ3n) is 5.50. The molecule has 4 atom stereocenters. The number of aryl methyl sites for hydroxylation is 1. The molecule has 22 heavy (non-hydrogen) atoms. The van der Waals surface area contributed by atoms with Gasteiger partial charge < -0.3 is 5.32 Å². The van der Waals surface area contributed by atoms with Crippen molar-refractivity contribution in [3.63, 3.8) is 0 Å². The number of hydrogen-bond acceptors (Lipinski definition) is 3. The van der Waals surface area contributed by atoms with Crippen LogP contribution in [0.1, 0.15) is 42.1 Å². The number of nitrogens with zero attached hydrogens (tertiary/aromatic N) is 2. The van der Waals surface area contributed by atoms with Gasteiger partial charge in [-0.15, -0.1) is 0 Å². The van der Waals surface area contributed by atoms with Crippen molar-refractivity contribution in [3.05, 3.63) is 59.7 Å². The van der Waals surface area contributed by atoms with E-state index in [-0.39, 0.29) is 0 Å². The van der Waals surface area contributed by atoms with E-state index in [0.29, 0.717) is 12.0 Å². The van der Waals surface area contributed by atoms with Crippen molar-refractivity contribution in [1.29, 1.82) is 0 Å². The van der Waals surface area contributed by atoms with E-state index in [1.54, 1.807) is 0 Å². The molecule has 0 saturated heterocycles. The third-order valence-corrected chi connectivity index (χ3v) is 5.50. The van der Waals surface area contributed by atoms with E-state index >= 15 is 0 Å². The molecule has 0 amide bonds. The summed E-state index contributed by atoms with van der Waals surface area (Å²) in [5.74, 6) is 3.26. The first-order chi connectivity index (χ1) is 10.8. The molecule has 0 unspecified atom stereocenters. The van der Waals surface area contributed by atoms with Crippen LogP contribution in [0, 0.1) is 18.8 Å². The highest BCUT2D eigenvalue weighted by atomic mass is 15.0. The molecule has 1 N–H and O–H groups in total. The lowest BCUT2D eigenvalue weighted by Crippen LogP contribution is -2.54. The van der Waals surface area contributed by atoms with Gasteiger partial charge in [-0.05, 0) is 37.2 Å². The molecule has 2 aliphatic rings. The fraction of sp³-hybridized carbons (Fsp3) is 0.474. The van der Waals surface area contributed by atoms with Gasteiger partial charge in [0.25, 0.3) is 0 Å². The minimum Gasteiger partial charge on any atom is -0.309 e. The van der Waals surface area contributed by atoms with Gasteiger partial charge in [0.05, 0.1) is 0 Å². The van der Waals surface area contributed by atoms with Gasteiger partial charge in [-0.25, -0.2) is 9.97 Å². The molecule has 0 radical (unpaired) electrons. The smallest absolute Gasteiger partial charge is 0.125 e. The van der Waals surface area contributed by atoms with Gasteiger partial charge in [0.1, 0.15) is 5.82 Å². The average molecular weight is 293 g/mol. The fourth-order valence-corrected chi connectivity index (χ4v) is 4.45. The number of rotatable bonds is 4. The SMILES string of the molecule is Cc1ncc(CN[C@@H]2[C@@H]3CCC[C@H]3[C@@H]2c2ccccc2)cn1. The third kappa shape index (κ3) is 2.44. The van der Waals surface area contributed by atoms with Crippen molar-refractivity contribution in [2.24, 2.45) is 11.8 Å². The van der Waals surface area contributed by atoms with Gasteiger partial charge in [-0.3, -0.25) is 0 Å². The minimum atomic E-state index is 0.608. The van der Waals surface area contributed by atoms with Crippen LogP contribution in [0.2, 0.25) is 0 Å². The Balaban J connectivity index is 1.48. The lowest BCUT2D eigenvalue weighted by atomic mass is 9.60. The van der Waals surface area contributed by atoms with Crippen molar-refractivity contribution < 1.29 is 0 Å². The molecule has 1 aromatic heterocycles. The summed E-state index contributed by atoms with van der Waals surface area (Å²) in [5.41, 5.74) is 2.68. The number of hydrogen-bond donors (Lipinski definition) is 1. The van der Waals surface area contributed by atoms with Crippen molar-refractivity contribution in [2.45, 2.75) is 44.7 Å². The Labute approximate surface area is 132 Å². The average Bonchev–Trinajstić information content (AvgIpc) is 2.94. The fourth-order valence-electron chi connectivity index (χ4n) is 4.45. The van der Waals surface area contributed by atoms with E-state index in [1.807, 2.05) is 19.3 Å². The van der Waals surface area contributed by atoms with Crippen LogP contribution in [0.5, 0.6) is 0 Å². The predicted molar refractivity (Wildman–Crippen MR) is 87.4 cm³/mol. The van der Waals surface area contributed by atoms with E-state index in [1.165, 1.54) is 30.4 Å². The molecule has 2 aliphatic carbocycles. The van der Waals surface area contributed by atoms with Crippen LogP contribution in [0.25, 0.3) is 0 Å². The quantitative estimate of drug-likeness (QED) is 0.938. The number of aromatic nitrogens is 2. The van der Waals surface area contributed by atoms with Gasteiger partial charge in [-0.2, -0.15) is 0 Å². The first kappa shape index (κ1) is 13.9. The molecule has 3 heteroatoms. The van der Waals surface area contributed by atoms with E-state index < -0.39 is 0 Å². The van der Waals surface area contributed by atoms with Crippen LogP contribution in [0.15, 0.2) is 42.7 Å². The maximum atomic E-state index is 4.29. The van der Waals surface area contributed by atoms with Gasteiger partial charge in [-0.1, -0.05) is 36.8 Å². The molecule has 0 spiro atoms. The summed E-state index contributed by atoms with van der Waals surface area (Å²) in [6.45, 7) is 2.80. The van der Waals surface area contributed by atoms with Crippen LogP contribution in [-0.4, -0.2) is 16.0 Å². The van der Waals surface area contributed by atoms with E-state index in [2.05, 4.69) is 45.6 Å². The van der Waals surface area contributed by atoms with Gasteiger partial charge in [0.2, 0.25) is 0 Å². The van der Waals surface area contributed by atoms with Crippen LogP contribution >= 0.6 is 0 Å². The first-order valence-corrected chi connectivity index (χ1v) is 8.39. The molecule has 2 aromatic rings. The summed E-state index contributed by atoms with van der Waals surface area (Å²) in [4.78, 5) is 8.59. The first-order valence-electron chi connectivity index (χ1n) is 8.39. The summed E-state index contributed by atoms with van der Waals surface area (Å²) >= 11 is 0. The van der Waals surface area contributed by atoms with E-state index in [9.17, 15) is 0 Å². The van der Waals surface area contributed by atoms with Crippen molar-refractivity contribution in [1.82, 2.24) is 15.3 Å². The maximum absolute atomic E-state index is 4.29. The second-order valence-electron chi connectivity index (χ2n) is 6.74. The molecule has 2 saturated carbocycles. The molecule has 114 valence electrons. The minimum absolute atomic E-state index is 0.608. The Hall–Kier alpha value is -1.74. The molecule has 4 rings (SSSR count). The second kappa shape index (κ2) is 5.81. The number of fused-ring (bicyclic) bond motifs is 1. The lowest BCUT2D eigenvalue weighted by molar-refractivity contribution is 0.0940. The van der Waals surface area contributed by atoms with Crippen LogP contribution in [0.3, 0.4) is 0 Å². The van der Waals surface area contributed by atoms with Gasteiger partial charge in [0.15, 0.2) is 0 Å². The standard InChI is InChI=1S/C19H23N3/c1-13-20-10-14(11-21-13)12-22-19-17-9-5-8-16(17)18(19)15-6-3-2-4-7-15/h2-4,6-7,10-11,16-19,22H,5,8-9,12H2,1H3/t16-,17-,18+,19-/m1/s1. The Morgan fingerprint density at radius 2 is 1.77 bits per heavy atom. The second-order valence-corrected chi connectivity index (χ2v) is 6.74. The predicted octanol–water partition coefficient (Wildman–Crippen LogP) is 3.46. The highest BCUT2D eigenvalue weighted by Crippen LogP contribution is 2.55. The number of benzene rings is 1. The van der Waals surface area contributed by atoms with Crippen molar-refractivity contribution >= 4 is 0 Å². The maximum Gasteiger partial charge on any atom is 0.125 e. The van der Waals surface area contributed by atoms with Crippen molar-refractivity contribution in [3.8, 4) is 0 Å². The molecule has 1 aromatic carbocycles. The van der Waals surface area contributed by atoms with E-state index in [4.69, 9.17) is 0 Å². The van der Waals surface area contributed by atoms with Gasteiger partial charge >= 0.3 is 0 Å². The monoisotopic (exact) mass is 293 g/mol. The van der Waals surface area contributed by atoms with Crippen LogP contribution < -0.4 is 5.32 Å². The van der Waals surface area contributed by atoms with Crippen LogP contribution in [-0.2, 0) is 6.54 Å².